The predicted octanol–water partition coefficient (Wildman–Crippen LogP) is 2.72. The molecule has 38 heavy (non-hydrogen) atoms. The van der Waals surface area contributed by atoms with Gasteiger partial charge in [0.15, 0.2) is 5.67 Å². The molecule has 0 saturated carbocycles. The summed E-state index contributed by atoms with van der Waals surface area (Å²) in [4.78, 5) is 24.1. The molecule has 0 unspecified atom stereocenters. The van der Waals surface area contributed by atoms with Crippen LogP contribution in [0.5, 0.6) is 5.75 Å². The van der Waals surface area contributed by atoms with Crippen molar-refractivity contribution in [3.05, 3.63) is 41.7 Å². The number of amides is 1. The lowest BCUT2D eigenvalue weighted by Gasteiger charge is -2.46. The Morgan fingerprint density at radius 3 is 2.61 bits per heavy atom. The van der Waals surface area contributed by atoms with Crippen LogP contribution in [0.3, 0.4) is 0 Å². The van der Waals surface area contributed by atoms with Gasteiger partial charge in [-0.2, -0.15) is 0 Å². The van der Waals surface area contributed by atoms with Crippen LogP contribution in [-0.4, -0.2) is 102 Å². The zero-order valence-corrected chi connectivity index (χ0v) is 22.2. The summed E-state index contributed by atoms with van der Waals surface area (Å²) in [5.41, 5.74) is -1.22. The van der Waals surface area contributed by atoms with Gasteiger partial charge in [-0.1, -0.05) is 17.3 Å². The highest BCUT2D eigenvalue weighted by atomic mass is 19.1. The predicted molar refractivity (Wildman–Crippen MR) is 141 cm³/mol. The first-order valence-corrected chi connectivity index (χ1v) is 13.6. The van der Waals surface area contributed by atoms with Crippen molar-refractivity contribution in [2.24, 2.45) is 11.1 Å². The molecule has 4 heterocycles. The number of fused-ring (bicyclic) bond motifs is 1. The normalized spacial score (nSPS) is 24.8. The van der Waals surface area contributed by atoms with Gasteiger partial charge in [0.1, 0.15) is 24.3 Å². The smallest absolute Gasteiger partial charge is 0.376 e. The molecule has 5 rings (SSSR count). The number of piperidine rings is 2. The maximum Gasteiger partial charge on any atom is 0.376 e. The van der Waals surface area contributed by atoms with Gasteiger partial charge >= 0.3 is 7.05 Å². The number of nitrogens with zero attached hydrogens (tertiary/aromatic N) is 4. The number of hydrogen-bond donors (Lipinski definition) is 1. The van der Waals surface area contributed by atoms with Gasteiger partial charge < -0.3 is 24.3 Å². The van der Waals surface area contributed by atoms with Gasteiger partial charge in [-0.05, 0) is 38.1 Å². The highest BCUT2D eigenvalue weighted by Crippen LogP contribution is 2.41. The first-order valence-electron chi connectivity index (χ1n) is 13.6. The minimum Gasteiger partial charge on any atom is -0.486 e. The molecule has 4 aliphatic heterocycles. The molecule has 11 heteroatoms. The van der Waals surface area contributed by atoms with Crippen molar-refractivity contribution in [1.82, 2.24) is 14.6 Å². The lowest BCUT2D eigenvalue weighted by Crippen LogP contribution is -2.57. The molecule has 206 valence electrons. The number of carbonyl (C=O) groups excluding carboxylic acids is 1. The van der Waals surface area contributed by atoms with E-state index in [0.29, 0.717) is 68.4 Å². The van der Waals surface area contributed by atoms with Crippen molar-refractivity contribution >= 4 is 18.7 Å². The van der Waals surface area contributed by atoms with E-state index in [2.05, 4.69) is 22.2 Å². The van der Waals surface area contributed by atoms with Crippen LogP contribution >= 0.6 is 0 Å². The molecule has 0 aliphatic carbocycles. The van der Waals surface area contributed by atoms with E-state index in [0.717, 1.165) is 19.6 Å². The molecule has 4 aliphatic rings. The summed E-state index contributed by atoms with van der Waals surface area (Å²) in [6, 6.07) is 4.35. The molecule has 0 aromatic heterocycles. The van der Waals surface area contributed by atoms with Gasteiger partial charge in [-0.3, -0.25) is 9.69 Å². The Bertz CT molecular complexity index is 1080. The van der Waals surface area contributed by atoms with Crippen LogP contribution in [0, 0.1) is 11.7 Å². The Morgan fingerprint density at radius 1 is 1.24 bits per heavy atom. The monoisotopic (exact) mass is 530 g/mol. The summed E-state index contributed by atoms with van der Waals surface area (Å²) in [5.74, 6) is 0.219. The Balaban J connectivity index is 1.12. The van der Waals surface area contributed by atoms with E-state index >= 15 is 4.39 Å². The number of ether oxygens (including phenoxy) is 1. The average Bonchev–Trinajstić information content (AvgIpc) is 2.87. The largest absolute Gasteiger partial charge is 0.486 e. The maximum absolute atomic E-state index is 15.8. The van der Waals surface area contributed by atoms with Crippen LogP contribution in [0.15, 0.2) is 35.5 Å². The van der Waals surface area contributed by atoms with Crippen LogP contribution in [0.2, 0.25) is 6.82 Å². The van der Waals surface area contributed by atoms with E-state index in [4.69, 9.17) is 9.57 Å². The molecule has 0 bridgehead atoms. The highest BCUT2D eigenvalue weighted by Gasteiger charge is 2.48. The average molecular weight is 530 g/mol. The van der Waals surface area contributed by atoms with Crippen molar-refractivity contribution in [1.29, 1.82) is 0 Å². The zero-order chi connectivity index (χ0) is 26.9. The first kappa shape index (κ1) is 27.1. The lowest BCUT2D eigenvalue weighted by atomic mass is 9.78. The van der Waals surface area contributed by atoms with Crippen LogP contribution in [0.1, 0.15) is 37.7 Å². The topological polar surface area (TPSA) is 77.8 Å². The Kier molecular flexibility index (Phi) is 7.80. The van der Waals surface area contributed by atoms with E-state index in [1.165, 1.54) is 19.2 Å². The lowest BCUT2D eigenvalue weighted by molar-refractivity contribution is -0.150. The fraction of sp³-hybridized carbons (Fsp3) is 0.630. The van der Waals surface area contributed by atoms with Gasteiger partial charge in [0.2, 0.25) is 0 Å². The van der Waals surface area contributed by atoms with Gasteiger partial charge in [0.05, 0.1) is 5.71 Å². The van der Waals surface area contributed by atoms with Gasteiger partial charge in [-0.15, -0.1) is 0 Å². The molecule has 1 N–H and O–H groups in total. The fourth-order valence-corrected chi connectivity index (χ4v) is 6.04. The number of hydrogen-bond acceptors (Lipinski definition) is 7. The molecular weight excluding hydrogens is 493 g/mol. The number of carbonyl (C=O) groups is 1. The maximum atomic E-state index is 15.8. The number of alkyl halides is 1. The Morgan fingerprint density at radius 2 is 1.95 bits per heavy atom. The summed E-state index contributed by atoms with van der Waals surface area (Å²) in [6.45, 7) is 6.14. The number of halogens is 2. The van der Waals surface area contributed by atoms with Crippen molar-refractivity contribution in [3.63, 3.8) is 0 Å². The van der Waals surface area contributed by atoms with Crippen molar-refractivity contribution in [2.75, 3.05) is 52.9 Å². The molecule has 8 nitrogen and oxygen atoms in total. The van der Waals surface area contributed by atoms with E-state index in [9.17, 15) is 14.2 Å². The third-order valence-corrected chi connectivity index (χ3v) is 8.50. The summed E-state index contributed by atoms with van der Waals surface area (Å²) < 4.78 is 36.0. The molecule has 1 spiro atoms. The van der Waals surface area contributed by atoms with Crippen molar-refractivity contribution in [2.45, 2.75) is 50.2 Å². The van der Waals surface area contributed by atoms with Gasteiger partial charge in [-0.25, -0.2) is 8.78 Å². The van der Waals surface area contributed by atoms with Crippen LogP contribution in [0.4, 0.5) is 8.78 Å². The second-order valence-electron chi connectivity index (χ2n) is 11.2. The quantitative estimate of drug-likeness (QED) is 0.347. The molecular formula is C27H37BF2N4O4. The van der Waals surface area contributed by atoms with Crippen LogP contribution < -0.4 is 4.74 Å². The first-order chi connectivity index (χ1) is 18.2. The minimum absolute atomic E-state index is 0.195. The second-order valence-corrected chi connectivity index (χ2v) is 11.2. The molecule has 0 atom stereocenters. The number of rotatable bonds is 6. The SMILES string of the molecule is CO/N=C1\CC2(CCN(C(=O)C3(F)CCN(C/C=C/C4CN(B(C)O)C4)CC3)CC2)Oc2ccc(F)cc21. The van der Waals surface area contributed by atoms with E-state index in [1.807, 2.05) is 4.81 Å². The molecule has 3 saturated heterocycles. The Labute approximate surface area is 223 Å². The number of oxime groups is 1. The second kappa shape index (κ2) is 10.9. The molecule has 1 aromatic rings. The number of likely N-dealkylation sites (tertiary alicyclic amines) is 2. The molecule has 1 amide bonds. The van der Waals surface area contributed by atoms with E-state index < -0.39 is 24.2 Å². The molecule has 0 radical (unpaired) electrons. The third kappa shape index (κ3) is 5.60. The highest BCUT2D eigenvalue weighted by molar-refractivity contribution is 6.45. The van der Waals surface area contributed by atoms with Gasteiger partial charge in [0, 0.05) is 76.3 Å². The summed E-state index contributed by atoms with van der Waals surface area (Å²) >= 11 is 0. The van der Waals surface area contributed by atoms with Crippen LogP contribution in [0.25, 0.3) is 0 Å². The molecule has 3 fully saturated rings. The van der Waals surface area contributed by atoms with Crippen molar-refractivity contribution < 1.29 is 28.2 Å². The third-order valence-electron chi connectivity index (χ3n) is 8.50. The zero-order valence-electron chi connectivity index (χ0n) is 22.2. The minimum atomic E-state index is -1.84. The number of benzene rings is 1. The van der Waals surface area contributed by atoms with Crippen LogP contribution in [-0.2, 0) is 9.63 Å². The summed E-state index contributed by atoms with van der Waals surface area (Å²) in [7, 11) is 1.06. The van der Waals surface area contributed by atoms with E-state index in [1.54, 1.807) is 17.8 Å². The summed E-state index contributed by atoms with van der Waals surface area (Å²) in [6.07, 6.45) is 6.22. The Hall–Kier alpha value is -2.50. The standard InChI is InChI=1S/C27H37BF2N4O4/c1-28(36)34-18-20(19-34)4-3-11-32-12-9-27(30,10-13-32)25(35)33-14-7-26(8-15-33)17-23(31-37-2)22-16-21(29)5-6-24(22)38-26/h3-6,16,20,36H,7-15,17-19H2,1-2H3/b4-3+,31-23+. The molecule has 1 aromatic carbocycles. The van der Waals surface area contributed by atoms with E-state index in [-0.39, 0.29) is 18.7 Å². The van der Waals surface area contributed by atoms with Gasteiger partial charge in [0.25, 0.3) is 5.91 Å². The van der Waals surface area contributed by atoms with Crippen molar-refractivity contribution in [3.8, 4) is 5.75 Å². The fourth-order valence-electron chi connectivity index (χ4n) is 6.04. The summed E-state index contributed by atoms with van der Waals surface area (Å²) in [5, 5.41) is 13.7.